The largest absolute Gasteiger partial charge is 0.482 e. The van der Waals surface area contributed by atoms with Crippen LogP contribution < -0.4 is 9.46 Å². The number of anilines is 1. The highest BCUT2D eigenvalue weighted by Gasteiger charge is 2.25. The Balaban J connectivity index is 1.87. The van der Waals surface area contributed by atoms with E-state index in [4.69, 9.17) is 21.4 Å². The second kappa shape index (κ2) is 8.93. The maximum Gasteiger partial charge on any atom is 0.341 e. The van der Waals surface area contributed by atoms with Crippen molar-refractivity contribution in [2.24, 2.45) is 0 Å². The molecule has 1 fully saturated rings. The summed E-state index contributed by atoms with van der Waals surface area (Å²) >= 11 is 6.04. The van der Waals surface area contributed by atoms with Crippen molar-refractivity contribution in [1.29, 1.82) is 0 Å². The lowest BCUT2D eigenvalue weighted by molar-refractivity contribution is -0.139. The van der Waals surface area contributed by atoms with Crippen molar-refractivity contribution in [3.8, 4) is 5.75 Å². The number of hydrogen-bond donors (Lipinski definition) is 2. The summed E-state index contributed by atoms with van der Waals surface area (Å²) in [4.78, 5) is 25.1. The molecule has 1 amide bonds. The lowest BCUT2D eigenvalue weighted by Crippen LogP contribution is -2.29. The third kappa shape index (κ3) is 5.03. The van der Waals surface area contributed by atoms with Crippen molar-refractivity contribution in [3.05, 3.63) is 52.5 Å². The van der Waals surface area contributed by atoms with Gasteiger partial charge in [0.1, 0.15) is 5.75 Å². The van der Waals surface area contributed by atoms with Crippen molar-refractivity contribution in [3.63, 3.8) is 0 Å². The average Bonchev–Trinajstić information content (AvgIpc) is 3.22. The third-order valence-electron chi connectivity index (χ3n) is 4.66. The van der Waals surface area contributed by atoms with Crippen LogP contribution in [0, 0.1) is 6.92 Å². The lowest BCUT2D eigenvalue weighted by Gasteiger charge is -2.19. The van der Waals surface area contributed by atoms with Crippen LogP contribution in [0.2, 0.25) is 5.02 Å². The maximum absolute atomic E-state index is 12.9. The van der Waals surface area contributed by atoms with Crippen LogP contribution >= 0.6 is 11.6 Å². The Bertz CT molecular complexity index is 1080. The van der Waals surface area contributed by atoms with Crippen LogP contribution in [0.5, 0.6) is 5.75 Å². The molecule has 0 spiro atoms. The van der Waals surface area contributed by atoms with Crippen LogP contribution in [0.1, 0.15) is 28.8 Å². The first-order chi connectivity index (χ1) is 14.2. The number of aryl methyl sites for hydroxylation is 1. The Morgan fingerprint density at radius 1 is 1.17 bits per heavy atom. The van der Waals surface area contributed by atoms with Gasteiger partial charge in [-0.1, -0.05) is 11.6 Å². The SMILES string of the molecule is Cc1cc(S(=O)(=O)Nc2ccc(Cl)cc2C(=O)N2CCCC2)ccc1OCC(=O)O. The van der Waals surface area contributed by atoms with Crippen LogP contribution in [-0.4, -0.2) is 50.0 Å². The molecule has 0 radical (unpaired) electrons. The molecule has 1 heterocycles. The van der Waals surface area contributed by atoms with Gasteiger partial charge < -0.3 is 14.7 Å². The zero-order chi connectivity index (χ0) is 21.9. The minimum absolute atomic E-state index is 0.0443. The molecule has 0 saturated carbocycles. The zero-order valence-electron chi connectivity index (χ0n) is 16.2. The van der Waals surface area contributed by atoms with E-state index in [0.29, 0.717) is 23.7 Å². The second-order valence-electron chi connectivity index (χ2n) is 6.90. The van der Waals surface area contributed by atoms with Gasteiger partial charge in [0.2, 0.25) is 0 Å². The third-order valence-corrected chi connectivity index (χ3v) is 6.26. The summed E-state index contributed by atoms with van der Waals surface area (Å²) in [5.74, 6) is -1.14. The van der Waals surface area contributed by atoms with Gasteiger partial charge in [0.15, 0.2) is 6.61 Å². The Morgan fingerprint density at radius 2 is 1.87 bits per heavy atom. The van der Waals surface area contributed by atoms with Crippen LogP contribution in [0.15, 0.2) is 41.3 Å². The molecule has 160 valence electrons. The molecule has 2 aromatic carbocycles. The zero-order valence-corrected chi connectivity index (χ0v) is 17.8. The van der Waals surface area contributed by atoms with E-state index in [-0.39, 0.29) is 27.8 Å². The number of carboxylic acid groups (broad SMARTS) is 1. The molecule has 0 aromatic heterocycles. The van der Waals surface area contributed by atoms with E-state index in [1.807, 2.05) is 0 Å². The molecule has 30 heavy (non-hydrogen) atoms. The Labute approximate surface area is 179 Å². The van der Waals surface area contributed by atoms with Gasteiger partial charge in [0.05, 0.1) is 16.1 Å². The topological polar surface area (TPSA) is 113 Å². The first-order valence-corrected chi connectivity index (χ1v) is 11.1. The summed E-state index contributed by atoms with van der Waals surface area (Å²) < 4.78 is 33.4. The normalized spacial score (nSPS) is 13.9. The molecule has 2 N–H and O–H groups in total. The van der Waals surface area contributed by atoms with E-state index in [9.17, 15) is 18.0 Å². The van der Waals surface area contributed by atoms with E-state index in [0.717, 1.165) is 12.8 Å². The predicted molar refractivity (Wildman–Crippen MR) is 112 cm³/mol. The fourth-order valence-electron chi connectivity index (χ4n) is 3.17. The summed E-state index contributed by atoms with van der Waals surface area (Å²) in [5.41, 5.74) is 0.787. The Morgan fingerprint density at radius 3 is 2.50 bits per heavy atom. The number of amides is 1. The number of hydrogen-bond acceptors (Lipinski definition) is 5. The number of likely N-dealkylation sites (tertiary alicyclic amines) is 1. The number of carbonyl (C=O) groups is 2. The van der Waals surface area contributed by atoms with Gasteiger partial charge in [0, 0.05) is 18.1 Å². The fourth-order valence-corrected chi connectivity index (χ4v) is 4.50. The smallest absolute Gasteiger partial charge is 0.341 e. The highest BCUT2D eigenvalue weighted by Crippen LogP contribution is 2.28. The van der Waals surface area contributed by atoms with Crippen molar-refractivity contribution in [2.45, 2.75) is 24.7 Å². The van der Waals surface area contributed by atoms with Crippen LogP contribution in [0.25, 0.3) is 0 Å². The minimum atomic E-state index is -4.01. The first kappa shape index (κ1) is 21.9. The first-order valence-electron chi connectivity index (χ1n) is 9.24. The number of aliphatic carboxylic acids is 1. The van der Waals surface area contributed by atoms with E-state index in [1.54, 1.807) is 11.8 Å². The van der Waals surface area contributed by atoms with Crippen LogP contribution in [-0.2, 0) is 14.8 Å². The van der Waals surface area contributed by atoms with Crippen LogP contribution in [0.4, 0.5) is 5.69 Å². The van der Waals surface area contributed by atoms with Crippen molar-refractivity contribution in [2.75, 3.05) is 24.4 Å². The molecule has 1 saturated heterocycles. The summed E-state index contributed by atoms with van der Waals surface area (Å²) in [6, 6.07) is 8.50. The molecule has 1 aliphatic heterocycles. The van der Waals surface area contributed by atoms with Gasteiger partial charge in [-0.25, -0.2) is 13.2 Å². The van der Waals surface area contributed by atoms with Gasteiger partial charge in [-0.3, -0.25) is 9.52 Å². The molecule has 10 heteroatoms. The molecule has 1 aliphatic rings. The number of sulfonamides is 1. The molecule has 0 aliphatic carbocycles. The molecule has 8 nitrogen and oxygen atoms in total. The Kier molecular flexibility index (Phi) is 6.52. The van der Waals surface area contributed by atoms with Crippen LogP contribution in [0.3, 0.4) is 0 Å². The number of ether oxygens (including phenoxy) is 1. The summed E-state index contributed by atoms with van der Waals surface area (Å²) in [5, 5.41) is 9.04. The van der Waals surface area contributed by atoms with E-state index < -0.39 is 22.6 Å². The predicted octanol–water partition coefficient (Wildman–Crippen LogP) is 3.15. The molecule has 2 aromatic rings. The minimum Gasteiger partial charge on any atom is -0.482 e. The van der Waals surface area contributed by atoms with Gasteiger partial charge in [-0.15, -0.1) is 0 Å². The maximum atomic E-state index is 12.9. The van der Waals surface area contributed by atoms with Gasteiger partial charge in [-0.2, -0.15) is 0 Å². The fraction of sp³-hybridized carbons (Fsp3) is 0.300. The Hall–Kier alpha value is -2.78. The number of nitrogens with one attached hydrogen (secondary N) is 1. The van der Waals surface area contributed by atoms with E-state index in [2.05, 4.69) is 4.72 Å². The number of halogens is 1. The molecule has 0 atom stereocenters. The standard InChI is InChI=1S/C20H21ClN2O6S/c1-13-10-15(5-7-18(13)29-12-19(24)25)30(27,28)22-17-6-4-14(21)11-16(17)20(26)23-8-2-3-9-23/h4-7,10-11,22H,2-3,8-9,12H2,1H3,(H,24,25). The average molecular weight is 453 g/mol. The number of rotatable bonds is 7. The summed E-state index contributed by atoms with van der Waals surface area (Å²) in [7, 11) is -4.01. The summed E-state index contributed by atoms with van der Waals surface area (Å²) in [6.07, 6.45) is 1.81. The van der Waals surface area contributed by atoms with E-state index >= 15 is 0 Å². The lowest BCUT2D eigenvalue weighted by atomic mass is 10.1. The van der Waals surface area contributed by atoms with Gasteiger partial charge >= 0.3 is 5.97 Å². The number of benzene rings is 2. The number of carbonyl (C=O) groups excluding carboxylic acids is 1. The molecular weight excluding hydrogens is 432 g/mol. The van der Waals surface area contributed by atoms with Crippen molar-refractivity contribution in [1.82, 2.24) is 4.90 Å². The molecule has 0 bridgehead atoms. The highest BCUT2D eigenvalue weighted by atomic mass is 35.5. The van der Waals surface area contributed by atoms with E-state index in [1.165, 1.54) is 36.4 Å². The number of carboxylic acids is 1. The van der Waals surface area contributed by atoms with Gasteiger partial charge in [0.25, 0.3) is 15.9 Å². The summed E-state index contributed by atoms with van der Waals surface area (Å²) in [6.45, 7) is 2.32. The molecular formula is C20H21ClN2O6S. The van der Waals surface area contributed by atoms with Crippen molar-refractivity contribution < 1.29 is 27.9 Å². The monoisotopic (exact) mass is 452 g/mol. The molecule has 3 rings (SSSR count). The highest BCUT2D eigenvalue weighted by molar-refractivity contribution is 7.92. The second-order valence-corrected chi connectivity index (χ2v) is 9.02. The van der Waals surface area contributed by atoms with Gasteiger partial charge in [-0.05, 0) is 61.7 Å². The number of nitrogens with zero attached hydrogens (tertiary/aromatic N) is 1. The van der Waals surface area contributed by atoms with Crippen molar-refractivity contribution >= 4 is 39.2 Å². The quantitative estimate of drug-likeness (QED) is 0.667. The molecule has 0 unspecified atom stereocenters.